The van der Waals surface area contributed by atoms with Crippen molar-refractivity contribution >= 4 is 21.6 Å². The number of phenolic OH excluding ortho intramolecular Hbond substituents is 1. The zero-order valence-electron chi connectivity index (χ0n) is 16.5. The van der Waals surface area contributed by atoms with E-state index < -0.39 is 10.0 Å². The van der Waals surface area contributed by atoms with Gasteiger partial charge >= 0.3 is 0 Å². The van der Waals surface area contributed by atoms with Crippen LogP contribution in [0.25, 0.3) is 11.4 Å². The lowest BCUT2D eigenvalue weighted by Gasteiger charge is -2.18. The van der Waals surface area contributed by atoms with Gasteiger partial charge < -0.3 is 9.84 Å². The highest BCUT2D eigenvalue weighted by molar-refractivity contribution is 7.89. The average Bonchev–Trinajstić information content (AvgIpc) is 3.53. The van der Waals surface area contributed by atoms with E-state index in [-0.39, 0.29) is 10.6 Å². The van der Waals surface area contributed by atoms with Crippen LogP contribution in [0.5, 0.6) is 17.2 Å². The van der Waals surface area contributed by atoms with Crippen LogP contribution in [0.4, 0.5) is 0 Å². The fourth-order valence-corrected chi connectivity index (χ4v) is 6.14. The van der Waals surface area contributed by atoms with Crippen LogP contribution in [-0.2, 0) is 22.9 Å². The van der Waals surface area contributed by atoms with Gasteiger partial charge in [0.05, 0.1) is 5.02 Å². The van der Waals surface area contributed by atoms with E-state index in [2.05, 4.69) is 20.6 Å². The molecule has 2 N–H and O–H groups in total. The second kappa shape index (κ2) is 7.77. The molecule has 2 aliphatic rings. The van der Waals surface area contributed by atoms with E-state index in [9.17, 15) is 13.5 Å². The van der Waals surface area contributed by atoms with Gasteiger partial charge in [-0.05, 0) is 66.3 Å². The number of aromatic hydroxyl groups is 1. The number of aromatic nitrogens is 4. The summed E-state index contributed by atoms with van der Waals surface area (Å²) in [5.41, 5.74) is 2.84. The molecule has 1 fully saturated rings. The summed E-state index contributed by atoms with van der Waals surface area (Å²) in [5.74, 6) is 1.01. The van der Waals surface area contributed by atoms with Gasteiger partial charge in [-0.2, -0.15) is 4.31 Å². The highest BCUT2D eigenvalue weighted by atomic mass is 35.5. The molecule has 1 aromatic heterocycles. The van der Waals surface area contributed by atoms with Crippen molar-refractivity contribution in [1.29, 1.82) is 0 Å². The van der Waals surface area contributed by atoms with Crippen molar-refractivity contribution in [2.24, 2.45) is 0 Å². The van der Waals surface area contributed by atoms with E-state index in [0.717, 1.165) is 48.8 Å². The highest BCUT2D eigenvalue weighted by Gasteiger charge is 2.30. The third kappa shape index (κ3) is 3.54. The summed E-state index contributed by atoms with van der Waals surface area (Å²) in [6, 6.07) is 5.98. The molecule has 0 unspecified atom stereocenters. The topological polar surface area (TPSA) is 121 Å². The van der Waals surface area contributed by atoms with Crippen molar-refractivity contribution < 1.29 is 18.3 Å². The molecule has 5 rings (SSSR count). The molecule has 162 valence electrons. The molecule has 2 aromatic carbocycles. The SMILES string of the molecule is O=S(=O)(c1cc(Oc2c(Cl)cc(-c3nnn[nH]3)c3c2CCC3)ccc1O)N1CCCC1. The molecule has 0 amide bonds. The molecule has 9 nitrogen and oxygen atoms in total. The second-order valence-electron chi connectivity index (χ2n) is 7.64. The molecule has 1 aliphatic carbocycles. The first-order valence-corrected chi connectivity index (χ1v) is 11.9. The maximum Gasteiger partial charge on any atom is 0.246 e. The minimum atomic E-state index is -3.80. The number of sulfonamides is 1. The molecule has 0 bridgehead atoms. The number of hydrogen-bond donors (Lipinski definition) is 2. The van der Waals surface area contributed by atoms with Crippen molar-refractivity contribution in [3.63, 3.8) is 0 Å². The summed E-state index contributed by atoms with van der Waals surface area (Å²) in [7, 11) is -3.80. The third-order valence-electron chi connectivity index (χ3n) is 5.74. The number of benzene rings is 2. The number of ether oxygens (including phenoxy) is 1. The minimum absolute atomic E-state index is 0.163. The molecule has 0 saturated carbocycles. The number of nitrogens with zero attached hydrogens (tertiary/aromatic N) is 4. The lowest BCUT2D eigenvalue weighted by molar-refractivity contribution is 0.435. The Morgan fingerprint density at radius 1 is 1.10 bits per heavy atom. The van der Waals surface area contributed by atoms with Crippen LogP contribution < -0.4 is 4.74 Å². The summed E-state index contributed by atoms with van der Waals surface area (Å²) in [6.45, 7) is 0.897. The van der Waals surface area contributed by atoms with Gasteiger partial charge in [0.15, 0.2) is 5.82 Å². The van der Waals surface area contributed by atoms with Gasteiger partial charge in [-0.25, -0.2) is 13.5 Å². The Hall–Kier alpha value is -2.69. The van der Waals surface area contributed by atoms with Crippen LogP contribution in [-0.4, -0.2) is 51.5 Å². The Morgan fingerprint density at radius 3 is 2.61 bits per heavy atom. The molecule has 31 heavy (non-hydrogen) atoms. The summed E-state index contributed by atoms with van der Waals surface area (Å²) >= 11 is 6.56. The zero-order valence-corrected chi connectivity index (χ0v) is 18.1. The number of rotatable bonds is 5. The largest absolute Gasteiger partial charge is 0.507 e. The molecule has 2 heterocycles. The van der Waals surface area contributed by atoms with Gasteiger partial charge in [-0.3, -0.25) is 0 Å². The molecule has 0 atom stereocenters. The quantitative estimate of drug-likeness (QED) is 0.597. The first-order chi connectivity index (χ1) is 14.9. The van der Waals surface area contributed by atoms with E-state index in [1.807, 2.05) is 0 Å². The predicted octanol–water partition coefficient (Wildman–Crippen LogP) is 3.29. The first-order valence-electron chi connectivity index (χ1n) is 10.0. The minimum Gasteiger partial charge on any atom is -0.507 e. The standard InChI is InChI=1S/C20H20ClN5O4S/c21-16-11-15(20-22-24-25-23-20)13-4-3-5-14(13)19(16)30-12-6-7-17(27)18(10-12)31(28,29)26-8-1-2-9-26/h6-7,10-11,27H,1-5,8-9H2,(H,22,23,24,25). The lowest BCUT2D eigenvalue weighted by Crippen LogP contribution is -2.27. The number of halogens is 1. The van der Waals surface area contributed by atoms with Crippen molar-refractivity contribution in [2.75, 3.05) is 13.1 Å². The van der Waals surface area contributed by atoms with Crippen LogP contribution in [0.1, 0.15) is 30.4 Å². The summed E-state index contributed by atoms with van der Waals surface area (Å²) in [6.07, 6.45) is 4.17. The molecule has 0 spiro atoms. The Balaban J connectivity index is 1.53. The number of H-pyrrole nitrogens is 1. The number of aromatic amines is 1. The van der Waals surface area contributed by atoms with Crippen molar-refractivity contribution in [1.82, 2.24) is 24.9 Å². The molecule has 11 heteroatoms. The van der Waals surface area contributed by atoms with E-state index in [1.165, 1.54) is 22.5 Å². The smallest absolute Gasteiger partial charge is 0.246 e. The zero-order chi connectivity index (χ0) is 21.6. The molecular formula is C20H20ClN5O4S. The van der Waals surface area contributed by atoms with Crippen molar-refractivity contribution in [3.8, 4) is 28.6 Å². The van der Waals surface area contributed by atoms with Gasteiger partial charge in [0.25, 0.3) is 0 Å². The van der Waals surface area contributed by atoms with E-state index in [1.54, 1.807) is 6.07 Å². The number of hydrogen-bond acceptors (Lipinski definition) is 7. The molecule has 1 saturated heterocycles. The normalized spacial score (nSPS) is 16.5. The maximum atomic E-state index is 13.0. The summed E-state index contributed by atoms with van der Waals surface area (Å²) in [4.78, 5) is -0.163. The van der Waals surface area contributed by atoms with Gasteiger partial charge in [0, 0.05) is 30.3 Å². The van der Waals surface area contributed by atoms with E-state index >= 15 is 0 Å². The lowest BCUT2D eigenvalue weighted by atomic mass is 10.0. The van der Waals surface area contributed by atoms with E-state index in [4.69, 9.17) is 16.3 Å². The van der Waals surface area contributed by atoms with Crippen molar-refractivity contribution in [2.45, 2.75) is 37.0 Å². The number of phenols is 1. The van der Waals surface area contributed by atoms with Crippen LogP contribution >= 0.6 is 11.6 Å². The Morgan fingerprint density at radius 2 is 1.87 bits per heavy atom. The van der Waals surface area contributed by atoms with Gasteiger partial charge in [-0.15, -0.1) is 5.10 Å². The van der Waals surface area contributed by atoms with Crippen molar-refractivity contribution in [3.05, 3.63) is 40.4 Å². The number of nitrogens with one attached hydrogen (secondary N) is 1. The number of tetrazole rings is 1. The van der Waals surface area contributed by atoms with Crippen LogP contribution in [0.2, 0.25) is 5.02 Å². The monoisotopic (exact) mass is 461 g/mol. The average molecular weight is 462 g/mol. The fraction of sp³-hybridized carbons (Fsp3) is 0.350. The molecule has 3 aromatic rings. The van der Waals surface area contributed by atoms with E-state index in [0.29, 0.717) is 35.4 Å². The Bertz CT molecular complexity index is 1240. The molecular weight excluding hydrogens is 442 g/mol. The summed E-state index contributed by atoms with van der Waals surface area (Å²) < 4.78 is 33.4. The van der Waals surface area contributed by atoms with Gasteiger partial charge in [0.1, 0.15) is 22.1 Å². The Labute approximate surface area is 184 Å². The van der Waals surface area contributed by atoms with Crippen LogP contribution in [0, 0.1) is 0 Å². The van der Waals surface area contributed by atoms with Gasteiger partial charge in [-0.1, -0.05) is 11.6 Å². The fourth-order valence-electron chi connectivity index (χ4n) is 4.26. The van der Waals surface area contributed by atoms with Gasteiger partial charge in [0.2, 0.25) is 10.0 Å². The van der Waals surface area contributed by atoms with Crippen LogP contribution in [0.3, 0.4) is 0 Å². The maximum absolute atomic E-state index is 13.0. The molecule has 1 aliphatic heterocycles. The first kappa shape index (κ1) is 20.2. The second-order valence-corrected chi connectivity index (χ2v) is 9.95. The Kier molecular flexibility index (Phi) is 5.07. The van der Waals surface area contributed by atoms with Crippen LogP contribution in [0.15, 0.2) is 29.2 Å². The summed E-state index contributed by atoms with van der Waals surface area (Å²) in [5, 5.41) is 24.6. The highest BCUT2D eigenvalue weighted by Crippen LogP contribution is 2.44. The predicted molar refractivity (Wildman–Crippen MR) is 113 cm³/mol. The third-order valence-corrected chi connectivity index (χ3v) is 7.95. The molecule has 0 radical (unpaired) electrons. The number of fused-ring (bicyclic) bond motifs is 1.